The first-order valence-electron chi connectivity index (χ1n) is 9.06. The smallest absolute Gasteiger partial charge is 0.243 e. The zero-order valence-corrected chi connectivity index (χ0v) is 20.1. The summed E-state index contributed by atoms with van der Waals surface area (Å²) >= 11 is 1.72. The lowest BCUT2D eigenvalue weighted by molar-refractivity contribution is -0.127. The van der Waals surface area contributed by atoms with Crippen molar-refractivity contribution in [3.05, 3.63) is 52.5 Å². The number of carbonyl (C=O) groups excluding carboxylic acids is 1. The molecule has 1 aromatic heterocycles. The Balaban J connectivity index is 0.00000420. The molecule has 0 spiro atoms. The van der Waals surface area contributed by atoms with Gasteiger partial charge < -0.3 is 19.9 Å². The first-order valence-corrected chi connectivity index (χ1v) is 9.94. The molecular formula is C20H28FIN4O2S. The molecule has 9 heteroatoms. The van der Waals surface area contributed by atoms with Gasteiger partial charge in [0, 0.05) is 32.6 Å². The van der Waals surface area contributed by atoms with Gasteiger partial charge in [0.1, 0.15) is 24.7 Å². The van der Waals surface area contributed by atoms with E-state index in [0.29, 0.717) is 24.9 Å². The van der Waals surface area contributed by atoms with E-state index >= 15 is 0 Å². The summed E-state index contributed by atoms with van der Waals surface area (Å²) in [5, 5.41) is 5.37. The van der Waals surface area contributed by atoms with Crippen molar-refractivity contribution < 1.29 is 13.9 Å². The second-order valence-corrected chi connectivity index (χ2v) is 7.44. The van der Waals surface area contributed by atoms with Crippen molar-refractivity contribution >= 4 is 47.2 Å². The molecule has 0 bridgehead atoms. The summed E-state index contributed by atoms with van der Waals surface area (Å²) in [5.74, 6) is 0.907. The molecule has 0 unspecified atom stereocenters. The second kappa shape index (κ2) is 13.4. The second-order valence-electron chi connectivity index (χ2n) is 6.41. The molecule has 0 aliphatic carbocycles. The molecule has 0 saturated carbocycles. The summed E-state index contributed by atoms with van der Waals surface area (Å²) in [6.45, 7) is 1.78. The number of carbonyl (C=O) groups is 1. The maximum Gasteiger partial charge on any atom is 0.243 e. The maximum atomic E-state index is 13.0. The summed E-state index contributed by atoms with van der Waals surface area (Å²) in [6, 6.07) is 10.1. The molecule has 1 N–H and O–H groups in total. The van der Waals surface area contributed by atoms with Gasteiger partial charge in [0.05, 0.1) is 6.54 Å². The number of benzene rings is 1. The topological polar surface area (TPSA) is 57.2 Å². The predicted molar refractivity (Wildman–Crippen MR) is 127 cm³/mol. The lowest BCUT2D eigenvalue weighted by atomic mass is 10.3. The van der Waals surface area contributed by atoms with E-state index in [1.165, 1.54) is 21.9 Å². The van der Waals surface area contributed by atoms with E-state index < -0.39 is 0 Å². The van der Waals surface area contributed by atoms with Gasteiger partial charge in [-0.15, -0.1) is 35.3 Å². The Bertz CT molecular complexity index is 754. The minimum Gasteiger partial charge on any atom is -0.492 e. The number of nitrogens with one attached hydrogen (secondary N) is 1. The average molecular weight is 534 g/mol. The highest BCUT2D eigenvalue weighted by atomic mass is 127. The number of amides is 1. The molecule has 2 aromatic rings. The molecule has 1 aromatic carbocycles. The Morgan fingerprint density at radius 1 is 1.21 bits per heavy atom. The molecule has 0 aliphatic heterocycles. The Morgan fingerprint density at radius 3 is 2.55 bits per heavy atom. The number of rotatable bonds is 9. The quantitative estimate of drug-likeness (QED) is 0.305. The van der Waals surface area contributed by atoms with Crippen molar-refractivity contribution in [2.45, 2.75) is 6.42 Å². The molecule has 160 valence electrons. The van der Waals surface area contributed by atoms with Crippen LogP contribution in [0.3, 0.4) is 0 Å². The third-order valence-electron chi connectivity index (χ3n) is 3.97. The van der Waals surface area contributed by atoms with Crippen LogP contribution in [0.1, 0.15) is 4.88 Å². The van der Waals surface area contributed by atoms with Crippen molar-refractivity contribution in [3.8, 4) is 5.75 Å². The zero-order chi connectivity index (χ0) is 20.4. The van der Waals surface area contributed by atoms with E-state index in [1.807, 2.05) is 18.0 Å². The van der Waals surface area contributed by atoms with Gasteiger partial charge in [0.15, 0.2) is 5.96 Å². The lowest BCUT2D eigenvalue weighted by Gasteiger charge is -2.23. The minimum absolute atomic E-state index is 0. The van der Waals surface area contributed by atoms with Crippen molar-refractivity contribution in [2.24, 2.45) is 4.99 Å². The fourth-order valence-corrected chi connectivity index (χ4v) is 2.99. The highest BCUT2D eigenvalue weighted by Crippen LogP contribution is 2.11. The largest absolute Gasteiger partial charge is 0.492 e. The first kappa shape index (κ1) is 25.2. The van der Waals surface area contributed by atoms with E-state index in [1.54, 1.807) is 37.6 Å². The average Bonchev–Trinajstić information content (AvgIpc) is 3.19. The SMILES string of the molecule is CN(C)C(=O)CN=C(NCCc1cccs1)N(C)CCOc1ccc(F)cc1.I. The summed E-state index contributed by atoms with van der Waals surface area (Å²) in [4.78, 5) is 21.0. The fourth-order valence-electron chi connectivity index (χ4n) is 2.28. The molecular weight excluding hydrogens is 506 g/mol. The molecule has 2 rings (SSSR count). The van der Waals surface area contributed by atoms with E-state index in [-0.39, 0.29) is 42.2 Å². The van der Waals surface area contributed by atoms with Crippen LogP contribution in [0.5, 0.6) is 5.75 Å². The van der Waals surface area contributed by atoms with Gasteiger partial charge in [-0.05, 0) is 42.1 Å². The van der Waals surface area contributed by atoms with Crippen molar-refractivity contribution in [2.75, 3.05) is 47.4 Å². The van der Waals surface area contributed by atoms with Crippen LogP contribution in [0.25, 0.3) is 0 Å². The number of ether oxygens (including phenoxy) is 1. The van der Waals surface area contributed by atoms with Crippen molar-refractivity contribution in [1.29, 1.82) is 0 Å². The molecule has 6 nitrogen and oxygen atoms in total. The summed E-state index contributed by atoms with van der Waals surface area (Å²) in [7, 11) is 5.31. The molecule has 0 atom stereocenters. The van der Waals surface area contributed by atoms with E-state index in [0.717, 1.165) is 13.0 Å². The molecule has 29 heavy (non-hydrogen) atoms. The fraction of sp³-hybridized carbons (Fsp3) is 0.400. The number of halogens is 2. The Hall–Kier alpha value is -1.88. The number of likely N-dealkylation sites (N-methyl/N-ethyl adjacent to an activating group) is 2. The number of aliphatic imine (C=N–C) groups is 1. The molecule has 0 aliphatic rings. The summed E-state index contributed by atoms with van der Waals surface area (Å²) < 4.78 is 18.6. The zero-order valence-electron chi connectivity index (χ0n) is 16.9. The predicted octanol–water partition coefficient (Wildman–Crippen LogP) is 3.09. The van der Waals surface area contributed by atoms with Crippen LogP contribution in [0, 0.1) is 5.82 Å². The molecule has 0 radical (unpaired) electrons. The Kier molecular flexibility index (Phi) is 11.6. The summed E-state index contributed by atoms with van der Waals surface area (Å²) in [5.41, 5.74) is 0. The monoisotopic (exact) mass is 534 g/mol. The van der Waals surface area contributed by atoms with E-state index in [4.69, 9.17) is 4.74 Å². The van der Waals surface area contributed by atoms with Crippen LogP contribution >= 0.6 is 35.3 Å². The van der Waals surface area contributed by atoms with Gasteiger partial charge in [-0.1, -0.05) is 6.07 Å². The van der Waals surface area contributed by atoms with Crippen LogP contribution in [0.2, 0.25) is 0 Å². The van der Waals surface area contributed by atoms with Crippen LogP contribution in [-0.2, 0) is 11.2 Å². The van der Waals surface area contributed by atoms with Gasteiger partial charge in [-0.3, -0.25) is 4.79 Å². The number of nitrogens with zero attached hydrogens (tertiary/aromatic N) is 3. The number of hydrogen-bond donors (Lipinski definition) is 1. The molecule has 1 heterocycles. The molecule has 0 fully saturated rings. The van der Waals surface area contributed by atoms with Crippen molar-refractivity contribution in [3.63, 3.8) is 0 Å². The molecule has 0 saturated heterocycles. The highest BCUT2D eigenvalue weighted by molar-refractivity contribution is 14.0. The van der Waals surface area contributed by atoms with Crippen LogP contribution in [0.4, 0.5) is 4.39 Å². The molecule has 1 amide bonds. The normalized spacial score (nSPS) is 10.8. The third-order valence-corrected chi connectivity index (χ3v) is 4.90. The van der Waals surface area contributed by atoms with Crippen LogP contribution in [-0.4, -0.2) is 69.1 Å². The lowest BCUT2D eigenvalue weighted by Crippen LogP contribution is -2.42. The van der Waals surface area contributed by atoms with Gasteiger partial charge in [0.25, 0.3) is 0 Å². The summed E-state index contributed by atoms with van der Waals surface area (Å²) in [6.07, 6.45) is 0.887. The van der Waals surface area contributed by atoms with Crippen molar-refractivity contribution in [1.82, 2.24) is 15.1 Å². The Labute approximate surface area is 192 Å². The number of guanidine groups is 1. The Morgan fingerprint density at radius 2 is 1.93 bits per heavy atom. The van der Waals surface area contributed by atoms with Gasteiger partial charge >= 0.3 is 0 Å². The number of thiophene rings is 1. The maximum absolute atomic E-state index is 13.0. The van der Waals surface area contributed by atoms with E-state index in [9.17, 15) is 9.18 Å². The third kappa shape index (κ3) is 9.44. The minimum atomic E-state index is -0.292. The van der Waals surface area contributed by atoms with Gasteiger partial charge in [-0.2, -0.15) is 0 Å². The van der Waals surface area contributed by atoms with Crippen LogP contribution in [0.15, 0.2) is 46.8 Å². The number of hydrogen-bond acceptors (Lipinski definition) is 4. The standard InChI is InChI=1S/C20H27FN4O2S.HI/c1-24(2)19(26)15-23-20(22-11-10-18-5-4-14-28-18)25(3)12-13-27-17-8-6-16(21)7-9-17;/h4-9,14H,10-13,15H2,1-3H3,(H,22,23);1H. The van der Waals surface area contributed by atoms with Gasteiger partial charge in [-0.25, -0.2) is 9.38 Å². The van der Waals surface area contributed by atoms with E-state index in [2.05, 4.69) is 21.8 Å². The first-order chi connectivity index (χ1) is 13.5. The van der Waals surface area contributed by atoms with Gasteiger partial charge in [0.2, 0.25) is 5.91 Å². The van der Waals surface area contributed by atoms with Crippen LogP contribution < -0.4 is 10.1 Å². The highest BCUT2D eigenvalue weighted by Gasteiger charge is 2.09.